The quantitative estimate of drug-likeness (QED) is 0.330. The topological polar surface area (TPSA) is 123 Å². The number of fused-ring (bicyclic) bond motifs is 1. The van der Waals surface area contributed by atoms with Crippen LogP contribution in [0.2, 0.25) is 0 Å². The van der Waals surface area contributed by atoms with Crippen molar-refractivity contribution in [3.8, 4) is 17.0 Å². The van der Waals surface area contributed by atoms with E-state index in [1.165, 1.54) is 0 Å². The highest BCUT2D eigenvalue weighted by molar-refractivity contribution is 5.78. The molecule has 0 spiro atoms. The third kappa shape index (κ3) is 6.47. The van der Waals surface area contributed by atoms with Crippen LogP contribution in [0.3, 0.4) is 0 Å². The zero-order valence-electron chi connectivity index (χ0n) is 19.4. The van der Waals surface area contributed by atoms with Gasteiger partial charge in [0.25, 0.3) is 5.56 Å². The van der Waals surface area contributed by atoms with Crippen molar-refractivity contribution in [3.05, 3.63) is 40.9 Å². The maximum atomic E-state index is 13.2. The number of hydrogen-bond donors (Lipinski definition) is 3. The van der Waals surface area contributed by atoms with Gasteiger partial charge in [0.1, 0.15) is 0 Å². The number of aliphatic hydroxyl groups excluding tert-OH is 1. The maximum absolute atomic E-state index is 13.2. The molecule has 3 N–H and O–H groups in total. The lowest BCUT2D eigenvalue weighted by molar-refractivity contribution is 0.127. The average molecular weight is 457 g/mol. The Balaban J connectivity index is 1.92. The molecule has 0 aliphatic carbocycles. The number of aliphatic hydroxyl groups is 1. The zero-order chi connectivity index (χ0) is 23.6. The van der Waals surface area contributed by atoms with Crippen LogP contribution in [-0.2, 0) is 11.3 Å². The Labute approximate surface area is 193 Å². The van der Waals surface area contributed by atoms with Gasteiger partial charge in [0, 0.05) is 61.9 Å². The van der Waals surface area contributed by atoms with Gasteiger partial charge in [-0.1, -0.05) is 6.92 Å². The van der Waals surface area contributed by atoms with Gasteiger partial charge in [0.15, 0.2) is 11.5 Å². The zero-order valence-corrected chi connectivity index (χ0v) is 19.4. The molecule has 0 saturated heterocycles. The van der Waals surface area contributed by atoms with Gasteiger partial charge in [-0.05, 0) is 25.5 Å². The number of hydrogen-bond acceptors (Lipinski definition) is 9. The van der Waals surface area contributed by atoms with E-state index in [0.717, 1.165) is 17.5 Å². The van der Waals surface area contributed by atoms with Gasteiger partial charge in [-0.15, -0.1) is 0 Å². The fourth-order valence-electron chi connectivity index (χ4n) is 3.25. The summed E-state index contributed by atoms with van der Waals surface area (Å²) in [6, 6.07) is 5.55. The molecule has 0 aliphatic rings. The summed E-state index contributed by atoms with van der Waals surface area (Å²) < 4.78 is 12.4. The van der Waals surface area contributed by atoms with Crippen molar-refractivity contribution in [2.45, 2.75) is 32.9 Å². The van der Waals surface area contributed by atoms with Gasteiger partial charge in [0.05, 0.1) is 25.8 Å². The van der Waals surface area contributed by atoms with Crippen LogP contribution >= 0.6 is 0 Å². The second-order valence-corrected chi connectivity index (χ2v) is 7.65. The van der Waals surface area contributed by atoms with Crippen LogP contribution in [0.1, 0.15) is 20.3 Å². The fraction of sp³-hybridized carbons (Fsp3) is 0.478. The van der Waals surface area contributed by atoms with Gasteiger partial charge in [-0.25, -0.2) is 15.0 Å². The summed E-state index contributed by atoms with van der Waals surface area (Å²) in [4.78, 5) is 26.5. The molecule has 10 nitrogen and oxygen atoms in total. The molecule has 0 aliphatic heterocycles. The molecule has 1 unspecified atom stereocenters. The van der Waals surface area contributed by atoms with E-state index >= 15 is 0 Å². The minimum absolute atomic E-state index is 0.0173. The van der Waals surface area contributed by atoms with Crippen LogP contribution in [0.5, 0.6) is 5.88 Å². The number of pyridine rings is 2. The number of rotatable bonds is 13. The van der Waals surface area contributed by atoms with E-state index in [2.05, 4.69) is 25.6 Å². The summed E-state index contributed by atoms with van der Waals surface area (Å²) >= 11 is 0. The summed E-state index contributed by atoms with van der Waals surface area (Å²) in [5.74, 6) is 0.764. The Kier molecular flexibility index (Phi) is 9.11. The molecular weight excluding hydrogens is 424 g/mol. The van der Waals surface area contributed by atoms with Gasteiger partial charge in [-0.3, -0.25) is 9.36 Å². The van der Waals surface area contributed by atoms with Crippen molar-refractivity contribution < 1.29 is 14.6 Å². The van der Waals surface area contributed by atoms with Crippen molar-refractivity contribution in [1.29, 1.82) is 0 Å². The van der Waals surface area contributed by atoms with Gasteiger partial charge < -0.3 is 25.2 Å². The number of ether oxygens (including phenoxy) is 2. The normalized spacial score (nSPS) is 12.1. The first-order valence-corrected chi connectivity index (χ1v) is 11.1. The molecular formula is C23H32N6O4. The molecule has 3 aromatic heterocycles. The Morgan fingerprint density at radius 3 is 2.67 bits per heavy atom. The third-order valence-corrected chi connectivity index (χ3v) is 5.07. The molecule has 3 heterocycles. The lowest BCUT2D eigenvalue weighted by Crippen LogP contribution is -2.34. The highest BCUT2D eigenvalue weighted by atomic mass is 16.5. The van der Waals surface area contributed by atoms with Crippen molar-refractivity contribution >= 4 is 17.0 Å². The standard InChI is InChI=1S/C23H32N6O4/c1-4-10-33-11-9-29-19-12-18(17-5-6-20(32-3)26-13-17)14-27-21(19)28-22(23(29)31)25-8-7-24-16(2)15-30/h5-6,12-14,16,24,30H,4,7-11,15H2,1-3H3,(H,25,27,28). The second kappa shape index (κ2) is 12.2. The van der Waals surface area contributed by atoms with Crippen molar-refractivity contribution in [1.82, 2.24) is 24.8 Å². The lowest BCUT2D eigenvalue weighted by atomic mass is 10.1. The average Bonchev–Trinajstić information content (AvgIpc) is 2.85. The number of anilines is 1. The molecule has 0 amide bonds. The molecule has 10 heteroatoms. The minimum atomic E-state index is -0.232. The van der Waals surface area contributed by atoms with Crippen molar-refractivity contribution in [3.63, 3.8) is 0 Å². The van der Waals surface area contributed by atoms with Crippen LogP contribution in [0, 0.1) is 0 Å². The largest absolute Gasteiger partial charge is 0.481 e. The van der Waals surface area contributed by atoms with Crippen molar-refractivity contribution in [2.75, 3.05) is 45.3 Å². The van der Waals surface area contributed by atoms with Gasteiger partial charge >= 0.3 is 0 Å². The molecule has 0 bridgehead atoms. The molecule has 0 radical (unpaired) electrons. The Hall–Kier alpha value is -3.08. The smallest absolute Gasteiger partial charge is 0.293 e. The second-order valence-electron chi connectivity index (χ2n) is 7.65. The summed E-state index contributed by atoms with van der Waals surface area (Å²) in [7, 11) is 1.57. The first-order chi connectivity index (χ1) is 16.1. The Morgan fingerprint density at radius 1 is 1.15 bits per heavy atom. The Bertz CT molecular complexity index is 1090. The Morgan fingerprint density at radius 2 is 1.97 bits per heavy atom. The molecule has 0 fully saturated rings. The lowest BCUT2D eigenvalue weighted by Gasteiger charge is -2.15. The molecule has 33 heavy (non-hydrogen) atoms. The SMILES string of the molecule is CCCOCCn1c(=O)c(NCCNC(C)CO)nc2ncc(-c3ccc(OC)nc3)cc21. The van der Waals surface area contributed by atoms with Crippen LogP contribution in [0.25, 0.3) is 22.3 Å². The number of nitrogens with one attached hydrogen (secondary N) is 2. The van der Waals surface area contributed by atoms with E-state index in [-0.39, 0.29) is 24.0 Å². The minimum Gasteiger partial charge on any atom is -0.481 e. The number of aromatic nitrogens is 4. The maximum Gasteiger partial charge on any atom is 0.293 e. The van der Waals surface area contributed by atoms with Crippen LogP contribution in [0.15, 0.2) is 35.4 Å². The van der Waals surface area contributed by atoms with Crippen LogP contribution < -0.4 is 20.9 Å². The number of methoxy groups -OCH3 is 1. The van der Waals surface area contributed by atoms with E-state index in [1.807, 2.05) is 26.0 Å². The van der Waals surface area contributed by atoms with Gasteiger partial charge in [-0.2, -0.15) is 0 Å². The van der Waals surface area contributed by atoms with E-state index in [1.54, 1.807) is 30.1 Å². The summed E-state index contributed by atoms with van der Waals surface area (Å²) in [5, 5.41) is 15.4. The third-order valence-electron chi connectivity index (χ3n) is 5.07. The monoisotopic (exact) mass is 456 g/mol. The van der Waals surface area contributed by atoms with Crippen LogP contribution in [0.4, 0.5) is 5.82 Å². The molecule has 3 aromatic rings. The first-order valence-electron chi connectivity index (χ1n) is 11.1. The first kappa shape index (κ1) is 24.6. The highest BCUT2D eigenvalue weighted by Crippen LogP contribution is 2.23. The molecule has 3 rings (SSSR count). The van der Waals surface area contributed by atoms with Crippen LogP contribution in [-0.4, -0.2) is 70.7 Å². The number of nitrogens with zero attached hydrogens (tertiary/aromatic N) is 4. The highest BCUT2D eigenvalue weighted by Gasteiger charge is 2.14. The van der Waals surface area contributed by atoms with E-state index in [4.69, 9.17) is 14.6 Å². The van der Waals surface area contributed by atoms with E-state index < -0.39 is 0 Å². The predicted octanol–water partition coefficient (Wildman–Crippen LogP) is 1.67. The molecule has 0 saturated carbocycles. The van der Waals surface area contributed by atoms with Gasteiger partial charge in [0.2, 0.25) is 5.88 Å². The fourth-order valence-corrected chi connectivity index (χ4v) is 3.25. The summed E-state index contributed by atoms with van der Waals surface area (Å²) in [6.45, 7) is 6.48. The summed E-state index contributed by atoms with van der Waals surface area (Å²) in [5.41, 5.74) is 2.55. The molecule has 1 atom stereocenters. The molecule has 178 valence electrons. The van der Waals surface area contributed by atoms with Crippen molar-refractivity contribution in [2.24, 2.45) is 0 Å². The van der Waals surface area contributed by atoms with E-state index in [9.17, 15) is 4.79 Å². The summed E-state index contributed by atoms with van der Waals surface area (Å²) in [6.07, 6.45) is 4.34. The molecule has 0 aromatic carbocycles. The predicted molar refractivity (Wildman–Crippen MR) is 128 cm³/mol. The van der Waals surface area contributed by atoms with E-state index in [0.29, 0.717) is 49.9 Å².